The summed E-state index contributed by atoms with van der Waals surface area (Å²) in [6, 6.07) is 6.43. The summed E-state index contributed by atoms with van der Waals surface area (Å²) in [5.41, 5.74) is 3.81. The third-order valence-corrected chi connectivity index (χ3v) is 4.58. The van der Waals surface area contributed by atoms with Crippen LogP contribution in [0.2, 0.25) is 0 Å². The zero-order chi connectivity index (χ0) is 14.7. The Hall–Kier alpha value is -1.10. The van der Waals surface area contributed by atoms with E-state index in [1.165, 1.54) is 11.1 Å². The fraction of sp³-hybridized carbons (Fsp3) is 0.562. The van der Waals surface area contributed by atoms with E-state index < -0.39 is 0 Å². The van der Waals surface area contributed by atoms with E-state index in [4.69, 9.17) is 16.5 Å². The molecule has 5 heteroatoms. The summed E-state index contributed by atoms with van der Waals surface area (Å²) in [7, 11) is 0. The van der Waals surface area contributed by atoms with Gasteiger partial charge in [0.15, 0.2) is 0 Å². The summed E-state index contributed by atoms with van der Waals surface area (Å²) in [6.07, 6.45) is 2.42. The molecule has 0 aromatic heterocycles. The number of carbonyl (C=O) groups excluding carboxylic acids is 1. The molecule has 0 unspecified atom stereocenters. The molecule has 0 bridgehead atoms. The molecule has 0 atom stereocenters. The molecule has 2 aliphatic rings. The smallest absolute Gasteiger partial charge is 0.227 e. The Kier molecular flexibility index (Phi) is 4.78. The van der Waals surface area contributed by atoms with Crippen LogP contribution in [0.15, 0.2) is 18.2 Å². The van der Waals surface area contributed by atoms with Gasteiger partial charge in [-0.3, -0.25) is 4.79 Å². The lowest BCUT2D eigenvalue weighted by Crippen LogP contribution is -2.41. The molecule has 2 heterocycles. The van der Waals surface area contributed by atoms with Crippen LogP contribution in [0.1, 0.15) is 16.7 Å². The maximum Gasteiger partial charge on any atom is 0.227 e. The van der Waals surface area contributed by atoms with Crippen molar-refractivity contribution in [2.45, 2.75) is 19.3 Å². The fourth-order valence-electron chi connectivity index (χ4n) is 2.96. The lowest BCUT2D eigenvalue weighted by molar-refractivity contribution is -0.134. The first-order valence-corrected chi connectivity index (χ1v) is 7.93. The Bertz CT molecular complexity index is 515. The summed E-state index contributed by atoms with van der Waals surface area (Å²) in [5, 5.41) is 0. The highest BCUT2D eigenvalue weighted by molar-refractivity contribution is 6.13. The van der Waals surface area contributed by atoms with E-state index in [1.54, 1.807) is 0 Å². The monoisotopic (exact) mass is 308 g/mol. The number of ether oxygens (including phenoxy) is 1. The van der Waals surface area contributed by atoms with E-state index in [1.807, 2.05) is 9.32 Å². The summed E-state index contributed by atoms with van der Waals surface area (Å²) in [6.45, 7) is 4.50. The van der Waals surface area contributed by atoms with E-state index in [0.717, 1.165) is 31.5 Å². The normalized spacial score (nSPS) is 20.0. The molecule has 0 saturated carbocycles. The standard InChI is InChI=1S/C16H21ClN2O2/c17-19-5-3-14-2-1-13(11-15(14)4-6-19)12-16(20)18-7-9-21-10-8-18/h1-2,11H,3-10,12H2. The van der Waals surface area contributed by atoms with Gasteiger partial charge in [0.05, 0.1) is 19.6 Å². The second-order valence-electron chi connectivity index (χ2n) is 5.68. The van der Waals surface area contributed by atoms with Gasteiger partial charge in [-0.1, -0.05) is 18.2 Å². The second kappa shape index (κ2) is 6.77. The van der Waals surface area contributed by atoms with Crippen LogP contribution in [0.5, 0.6) is 0 Å². The van der Waals surface area contributed by atoms with Gasteiger partial charge < -0.3 is 9.64 Å². The van der Waals surface area contributed by atoms with Gasteiger partial charge in [-0.25, -0.2) is 4.42 Å². The molecule has 0 spiro atoms. The number of rotatable bonds is 2. The summed E-state index contributed by atoms with van der Waals surface area (Å²) in [4.78, 5) is 14.2. The molecule has 21 heavy (non-hydrogen) atoms. The largest absolute Gasteiger partial charge is 0.378 e. The van der Waals surface area contributed by atoms with Crippen LogP contribution in [0.3, 0.4) is 0 Å². The highest BCUT2D eigenvalue weighted by atomic mass is 35.5. The first-order valence-electron chi connectivity index (χ1n) is 7.59. The van der Waals surface area contributed by atoms with Gasteiger partial charge in [0.25, 0.3) is 0 Å². The van der Waals surface area contributed by atoms with E-state index in [9.17, 15) is 4.79 Å². The topological polar surface area (TPSA) is 32.8 Å². The molecule has 1 aromatic carbocycles. The van der Waals surface area contributed by atoms with E-state index in [0.29, 0.717) is 32.7 Å². The van der Waals surface area contributed by atoms with E-state index in [2.05, 4.69) is 18.2 Å². The van der Waals surface area contributed by atoms with Crippen molar-refractivity contribution in [2.24, 2.45) is 0 Å². The van der Waals surface area contributed by atoms with E-state index in [-0.39, 0.29) is 5.91 Å². The first kappa shape index (κ1) is 14.8. The second-order valence-corrected chi connectivity index (χ2v) is 6.16. The Morgan fingerprint density at radius 1 is 1.10 bits per heavy atom. The van der Waals surface area contributed by atoms with Crippen LogP contribution in [0.4, 0.5) is 0 Å². The number of morpholine rings is 1. The Morgan fingerprint density at radius 3 is 2.57 bits per heavy atom. The third kappa shape index (κ3) is 3.76. The van der Waals surface area contributed by atoms with Crippen molar-refractivity contribution in [3.63, 3.8) is 0 Å². The zero-order valence-corrected chi connectivity index (χ0v) is 12.9. The molecule has 0 N–H and O–H groups in total. The number of hydrogen-bond acceptors (Lipinski definition) is 3. The van der Waals surface area contributed by atoms with Crippen molar-refractivity contribution in [2.75, 3.05) is 39.4 Å². The van der Waals surface area contributed by atoms with Crippen molar-refractivity contribution in [3.05, 3.63) is 34.9 Å². The van der Waals surface area contributed by atoms with Gasteiger partial charge in [0.1, 0.15) is 0 Å². The molecule has 1 aromatic rings. The van der Waals surface area contributed by atoms with Crippen LogP contribution < -0.4 is 0 Å². The number of carbonyl (C=O) groups is 1. The summed E-state index contributed by atoms with van der Waals surface area (Å²) < 4.78 is 7.13. The van der Waals surface area contributed by atoms with Crippen molar-refractivity contribution >= 4 is 17.7 Å². The van der Waals surface area contributed by atoms with Crippen molar-refractivity contribution in [3.8, 4) is 0 Å². The molecule has 1 saturated heterocycles. The van der Waals surface area contributed by atoms with Crippen LogP contribution in [0, 0.1) is 0 Å². The maximum atomic E-state index is 12.3. The summed E-state index contributed by atoms with van der Waals surface area (Å²) >= 11 is 6.10. The van der Waals surface area contributed by atoms with Gasteiger partial charge in [0.2, 0.25) is 5.91 Å². The molecule has 2 aliphatic heterocycles. The predicted octanol–water partition coefficient (Wildman–Crippen LogP) is 1.64. The minimum absolute atomic E-state index is 0.200. The number of amides is 1. The minimum Gasteiger partial charge on any atom is -0.378 e. The van der Waals surface area contributed by atoms with Gasteiger partial charge in [-0.15, -0.1) is 0 Å². The average Bonchev–Trinajstić information content (AvgIpc) is 2.70. The van der Waals surface area contributed by atoms with Crippen molar-refractivity contribution < 1.29 is 9.53 Å². The van der Waals surface area contributed by atoms with Gasteiger partial charge in [0, 0.05) is 26.2 Å². The maximum absolute atomic E-state index is 12.3. The number of halogens is 1. The van der Waals surface area contributed by atoms with Gasteiger partial charge in [-0.2, -0.15) is 0 Å². The Morgan fingerprint density at radius 2 is 1.81 bits per heavy atom. The van der Waals surface area contributed by atoms with Crippen LogP contribution in [-0.4, -0.2) is 54.6 Å². The molecule has 114 valence electrons. The molecule has 0 radical (unpaired) electrons. The van der Waals surface area contributed by atoms with Gasteiger partial charge >= 0.3 is 0 Å². The third-order valence-electron chi connectivity index (χ3n) is 4.24. The lowest BCUT2D eigenvalue weighted by Gasteiger charge is -2.27. The first-order chi connectivity index (χ1) is 10.2. The number of nitrogens with zero attached hydrogens (tertiary/aromatic N) is 2. The van der Waals surface area contributed by atoms with E-state index >= 15 is 0 Å². The number of benzene rings is 1. The number of hydrogen-bond donors (Lipinski definition) is 0. The van der Waals surface area contributed by atoms with Crippen molar-refractivity contribution in [1.29, 1.82) is 0 Å². The van der Waals surface area contributed by atoms with Crippen LogP contribution >= 0.6 is 11.8 Å². The Labute approximate surface area is 130 Å². The molecular formula is C16H21ClN2O2. The SMILES string of the molecule is O=C(Cc1ccc2c(c1)CCN(Cl)CC2)N1CCOCC1. The molecule has 0 aliphatic carbocycles. The molecule has 1 amide bonds. The molecule has 1 fully saturated rings. The van der Waals surface area contributed by atoms with Crippen LogP contribution in [0.25, 0.3) is 0 Å². The zero-order valence-electron chi connectivity index (χ0n) is 12.2. The molecule has 4 nitrogen and oxygen atoms in total. The predicted molar refractivity (Wildman–Crippen MR) is 82.4 cm³/mol. The summed E-state index contributed by atoms with van der Waals surface area (Å²) in [5.74, 6) is 0.200. The Balaban J connectivity index is 1.67. The fourth-order valence-corrected chi connectivity index (χ4v) is 3.13. The highest BCUT2D eigenvalue weighted by Gasteiger charge is 2.18. The molecular weight excluding hydrogens is 288 g/mol. The quantitative estimate of drug-likeness (QED) is 0.779. The molecule has 3 rings (SSSR count). The average molecular weight is 309 g/mol. The number of fused-ring (bicyclic) bond motifs is 1. The highest BCUT2D eigenvalue weighted by Crippen LogP contribution is 2.19. The van der Waals surface area contributed by atoms with Gasteiger partial charge in [-0.05, 0) is 41.3 Å². The van der Waals surface area contributed by atoms with Crippen molar-refractivity contribution in [1.82, 2.24) is 9.32 Å². The minimum atomic E-state index is 0.200. The lowest BCUT2D eigenvalue weighted by atomic mass is 9.98. The van der Waals surface area contributed by atoms with Crippen LogP contribution in [-0.2, 0) is 28.8 Å².